The molecule has 7 rings (SSSR count). The third-order valence-electron chi connectivity index (χ3n) is 8.07. The second kappa shape index (κ2) is 11.4. The molecule has 11 heteroatoms. The van der Waals surface area contributed by atoms with Crippen LogP contribution in [0.15, 0.2) is 67.1 Å². The first-order valence-corrected chi connectivity index (χ1v) is 14.3. The van der Waals surface area contributed by atoms with Crippen LogP contribution in [0.5, 0.6) is 0 Å². The van der Waals surface area contributed by atoms with Crippen molar-refractivity contribution in [2.75, 3.05) is 44.3 Å². The van der Waals surface area contributed by atoms with Crippen LogP contribution in [0, 0.1) is 5.82 Å². The highest BCUT2D eigenvalue weighted by molar-refractivity contribution is 5.97. The first-order valence-electron chi connectivity index (χ1n) is 14.3. The van der Waals surface area contributed by atoms with Crippen molar-refractivity contribution in [2.24, 2.45) is 0 Å². The minimum atomic E-state index is -0.305. The summed E-state index contributed by atoms with van der Waals surface area (Å²) < 4.78 is 21.2. The Morgan fingerprint density at radius 1 is 0.976 bits per heavy atom. The highest BCUT2D eigenvalue weighted by atomic mass is 19.1. The number of halogens is 1. The lowest BCUT2D eigenvalue weighted by Gasteiger charge is -2.40. The molecule has 10 nitrogen and oxygen atoms in total. The fourth-order valence-electron chi connectivity index (χ4n) is 5.83. The van der Waals surface area contributed by atoms with Crippen molar-refractivity contribution in [3.05, 3.63) is 84.2 Å². The van der Waals surface area contributed by atoms with E-state index in [4.69, 9.17) is 14.7 Å². The molecule has 2 fully saturated rings. The van der Waals surface area contributed by atoms with Crippen LogP contribution in [0.25, 0.3) is 28.1 Å². The Morgan fingerprint density at radius 3 is 2.57 bits per heavy atom. The fraction of sp³-hybridized carbons (Fsp3) is 0.323. The first-order chi connectivity index (χ1) is 20.6. The summed E-state index contributed by atoms with van der Waals surface area (Å²) in [6, 6.07) is 14.1. The SMILES string of the molecule is O=C(NCc1cn2cccnc2n1)c1ccc2nc(N3CCC(N4CCOCC4)CC3)c(-c3ccc(F)cc3)nc2c1. The van der Waals surface area contributed by atoms with Crippen molar-refractivity contribution in [1.29, 1.82) is 0 Å². The lowest BCUT2D eigenvalue weighted by atomic mass is 10.0. The zero-order chi connectivity index (χ0) is 28.5. The summed E-state index contributed by atoms with van der Waals surface area (Å²) >= 11 is 0. The van der Waals surface area contributed by atoms with Gasteiger partial charge in [-0.1, -0.05) is 0 Å². The van der Waals surface area contributed by atoms with Crippen molar-refractivity contribution >= 4 is 28.5 Å². The number of aromatic nitrogens is 5. The van der Waals surface area contributed by atoms with Gasteiger partial charge in [0.1, 0.15) is 11.5 Å². The highest BCUT2D eigenvalue weighted by Crippen LogP contribution is 2.32. The molecule has 2 aliphatic heterocycles. The Morgan fingerprint density at radius 2 is 1.79 bits per heavy atom. The summed E-state index contributed by atoms with van der Waals surface area (Å²) in [6.45, 7) is 5.53. The average molecular weight is 567 g/mol. The van der Waals surface area contributed by atoms with E-state index in [1.807, 2.05) is 28.9 Å². The normalized spacial score (nSPS) is 16.7. The number of hydrogen-bond donors (Lipinski definition) is 1. The molecular formula is C31H31FN8O2. The number of carbonyl (C=O) groups excluding carboxylic acids is 1. The number of rotatable bonds is 6. The van der Waals surface area contributed by atoms with Gasteiger partial charge in [-0.25, -0.2) is 24.3 Å². The van der Waals surface area contributed by atoms with E-state index in [2.05, 4.69) is 25.1 Å². The molecule has 2 aliphatic rings. The minimum absolute atomic E-state index is 0.235. The van der Waals surface area contributed by atoms with Gasteiger partial charge in [-0.05, 0) is 61.4 Å². The van der Waals surface area contributed by atoms with E-state index in [0.717, 1.165) is 63.6 Å². The van der Waals surface area contributed by atoms with E-state index in [1.165, 1.54) is 12.1 Å². The van der Waals surface area contributed by atoms with Crippen molar-refractivity contribution in [3.63, 3.8) is 0 Å². The minimum Gasteiger partial charge on any atom is -0.379 e. The van der Waals surface area contributed by atoms with E-state index in [9.17, 15) is 9.18 Å². The molecule has 0 unspecified atom stereocenters. The predicted octanol–water partition coefficient (Wildman–Crippen LogP) is 3.71. The smallest absolute Gasteiger partial charge is 0.251 e. The van der Waals surface area contributed by atoms with Gasteiger partial charge < -0.3 is 15.0 Å². The Kier molecular flexibility index (Phi) is 7.18. The third kappa shape index (κ3) is 5.40. The summed E-state index contributed by atoms with van der Waals surface area (Å²) in [6.07, 6.45) is 7.45. The van der Waals surface area contributed by atoms with Gasteiger partial charge in [0, 0.05) is 61.9 Å². The summed E-state index contributed by atoms with van der Waals surface area (Å²) in [7, 11) is 0. The summed E-state index contributed by atoms with van der Waals surface area (Å²) in [5.74, 6) is 0.825. The molecular weight excluding hydrogens is 535 g/mol. The molecule has 0 saturated carbocycles. The molecule has 2 aromatic carbocycles. The quantitative estimate of drug-likeness (QED) is 0.332. The summed E-state index contributed by atoms with van der Waals surface area (Å²) in [5.41, 5.74) is 3.96. The second-order valence-electron chi connectivity index (χ2n) is 10.7. The average Bonchev–Trinajstić information content (AvgIpc) is 3.47. The molecule has 1 amide bonds. The van der Waals surface area contributed by atoms with E-state index < -0.39 is 0 Å². The number of imidazole rings is 1. The van der Waals surface area contributed by atoms with Gasteiger partial charge in [-0.2, -0.15) is 0 Å². The molecule has 3 aromatic heterocycles. The second-order valence-corrected chi connectivity index (χ2v) is 10.7. The number of benzene rings is 2. The molecule has 5 aromatic rings. The number of nitrogens with zero attached hydrogens (tertiary/aromatic N) is 7. The van der Waals surface area contributed by atoms with Crippen LogP contribution >= 0.6 is 0 Å². The van der Waals surface area contributed by atoms with Crippen molar-refractivity contribution in [2.45, 2.75) is 25.4 Å². The molecule has 2 saturated heterocycles. The van der Waals surface area contributed by atoms with Crippen LogP contribution in [-0.4, -0.2) is 80.6 Å². The number of ether oxygens (including phenoxy) is 1. The number of fused-ring (bicyclic) bond motifs is 2. The van der Waals surface area contributed by atoms with E-state index in [-0.39, 0.29) is 18.3 Å². The van der Waals surface area contributed by atoms with Crippen LogP contribution in [0.4, 0.5) is 10.2 Å². The maximum absolute atomic E-state index is 13.8. The largest absolute Gasteiger partial charge is 0.379 e. The molecule has 1 N–H and O–H groups in total. The van der Waals surface area contributed by atoms with Crippen LogP contribution in [-0.2, 0) is 11.3 Å². The lowest BCUT2D eigenvalue weighted by Crippen LogP contribution is -2.49. The van der Waals surface area contributed by atoms with E-state index in [1.54, 1.807) is 30.5 Å². The molecule has 0 spiro atoms. The van der Waals surface area contributed by atoms with Crippen LogP contribution < -0.4 is 10.2 Å². The van der Waals surface area contributed by atoms with Gasteiger partial charge in [-0.15, -0.1) is 0 Å². The zero-order valence-electron chi connectivity index (χ0n) is 23.1. The van der Waals surface area contributed by atoms with E-state index in [0.29, 0.717) is 39.8 Å². The third-order valence-corrected chi connectivity index (χ3v) is 8.07. The molecule has 214 valence electrons. The Hall–Kier alpha value is -4.48. The van der Waals surface area contributed by atoms with E-state index >= 15 is 0 Å². The summed E-state index contributed by atoms with van der Waals surface area (Å²) in [5, 5.41) is 2.94. The maximum Gasteiger partial charge on any atom is 0.251 e. The lowest BCUT2D eigenvalue weighted by molar-refractivity contribution is 0.0115. The Bertz CT molecular complexity index is 1690. The van der Waals surface area contributed by atoms with Gasteiger partial charge >= 0.3 is 0 Å². The van der Waals surface area contributed by atoms with Gasteiger partial charge in [0.25, 0.3) is 5.91 Å². The molecule has 0 atom stereocenters. The maximum atomic E-state index is 13.8. The number of hydrogen-bond acceptors (Lipinski definition) is 8. The van der Waals surface area contributed by atoms with Crippen LogP contribution in [0.3, 0.4) is 0 Å². The van der Waals surface area contributed by atoms with Crippen molar-refractivity contribution in [3.8, 4) is 11.3 Å². The van der Waals surface area contributed by atoms with Crippen LogP contribution in [0.2, 0.25) is 0 Å². The molecule has 0 bridgehead atoms. The summed E-state index contributed by atoms with van der Waals surface area (Å²) in [4.78, 5) is 36.6. The van der Waals surface area contributed by atoms with Gasteiger partial charge in [-0.3, -0.25) is 14.1 Å². The van der Waals surface area contributed by atoms with Gasteiger partial charge in [0.15, 0.2) is 5.82 Å². The Labute approximate surface area is 242 Å². The predicted molar refractivity (Wildman–Crippen MR) is 157 cm³/mol. The number of carbonyl (C=O) groups is 1. The molecule has 5 heterocycles. The van der Waals surface area contributed by atoms with Crippen LogP contribution in [0.1, 0.15) is 28.9 Å². The number of piperidine rings is 1. The number of amides is 1. The highest BCUT2D eigenvalue weighted by Gasteiger charge is 2.28. The number of morpholine rings is 1. The Balaban J connectivity index is 1.14. The van der Waals surface area contributed by atoms with Crippen molar-refractivity contribution in [1.82, 2.24) is 34.6 Å². The number of nitrogens with one attached hydrogen (secondary N) is 1. The topological polar surface area (TPSA) is 101 Å². The molecule has 0 radical (unpaired) electrons. The van der Waals surface area contributed by atoms with Gasteiger partial charge in [0.2, 0.25) is 5.78 Å². The fourth-order valence-corrected chi connectivity index (χ4v) is 5.83. The first kappa shape index (κ1) is 26.4. The molecule has 0 aliphatic carbocycles. The monoisotopic (exact) mass is 566 g/mol. The standard InChI is InChI=1S/C31H31FN8O2/c32-23-5-2-21(3-6-23)28-29(39-12-8-25(9-13-39)38-14-16-42-17-15-38)37-26-7-4-22(18-27(26)36-28)30(41)34-19-24-20-40-11-1-10-33-31(40)35-24/h1-7,10-11,18,20,25H,8-9,12-17,19H2,(H,34,41). The van der Waals surface area contributed by atoms with Gasteiger partial charge in [0.05, 0.1) is 36.5 Å². The zero-order valence-corrected chi connectivity index (χ0v) is 23.1. The van der Waals surface area contributed by atoms with Crippen molar-refractivity contribution < 1.29 is 13.9 Å². The molecule has 42 heavy (non-hydrogen) atoms. The number of anilines is 1.